The first-order chi connectivity index (χ1) is 8.06. The predicted octanol–water partition coefficient (Wildman–Crippen LogP) is 3.75. The molecular formula is C14H21BrN2. The molecule has 0 amide bonds. The van der Waals surface area contributed by atoms with Crippen LogP contribution in [-0.4, -0.2) is 12.1 Å². The van der Waals surface area contributed by atoms with Gasteiger partial charge in [0.15, 0.2) is 0 Å². The van der Waals surface area contributed by atoms with Crippen LogP contribution >= 0.6 is 15.9 Å². The second-order valence-corrected chi connectivity index (χ2v) is 5.97. The molecule has 1 fully saturated rings. The third-order valence-corrected chi connectivity index (χ3v) is 4.83. The van der Waals surface area contributed by atoms with Crippen LogP contribution in [0, 0.1) is 13.8 Å². The molecule has 0 aliphatic heterocycles. The molecule has 1 aromatic carbocycles. The first-order valence-corrected chi connectivity index (χ1v) is 7.14. The summed E-state index contributed by atoms with van der Waals surface area (Å²) >= 11 is 3.60. The molecule has 1 aliphatic carbocycles. The van der Waals surface area contributed by atoms with E-state index in [1.165, 1.54) is 34.1 Å². The van der Waals surface area contributed by atoms with E-state index in [1.807, 2.05) is 0 Å². The van der Waals surface area contributed by atoms with Gasteiger partial charge in [-0.05, 0) is 62.8 Å². The van der Waals surface area contributed by atoms with Gasteiger partial charge < -0.3 is 11.1 Å². The molecule has 0 bridgehead atoms. The average Bonchev–Trinajstić information content (AvgIpc) is 2.29. The molecule has 1 aromatic rings. The van der Waals surface area contributed by atoms with E-state index in [-0.39, 0.29) is 0 Å². The normalized spacial score (nSPS) is 24.7. The van der Waals surface area contributed by atoms with E-state index in [2.05, 4.69) is 47.2 Å². The molecule has 0 radical (unpaired) electrons. The molecule has 0 atom stereocenters. The maximum atomic E-state index is 5.92. The molecule has 3 N–H and O–H groups in total. The maximum absolute atomic E-state index is 5.92. The van der Waals surface area contributed by atoms with E-state index in [9.17, 15) is 0 Å². The molecule has 2 rings (SSSR count). The lowest BCUT2D eigenvalue weighted by molar-refractivity contribution is 0.411. The molecule has 3 heteroatoms. The van der Waals surface area contributed by atoms with Crippen LogP contribution in [0.2, 0.25) is 0 Å². The largest absolute Gasteiger partial charge is 0.382 e. The lowest BCUT2D eigenvalue weighted by Crippen LogP contribution is -2.32. The van der Waals surface area contributed by atoms with Crippen LogP contribution in [0.1, 0.15) is 36.8 Å². The third-order valence-electron chi connectivity index (χ3n) is 3.58. The van der Waals surface area contributed by atoms with Crippen molar-refractivity contribution in [1.82, 2.24) is 0 Å². The van der Waals surface area contributed by atoms with E-state index in [4.69, 9.17) is 5.73 Å². The van der Waals surface area contributed by atoms with Gasteiger partial charge >= 0.3 is 0 Å². The van der Waals surface area contributed by atoms with Crippen molar-refractivity contribution in [2.75, 3.05) is 5.32 Å². The van der Waals surface area contributed by atoms with Crippen molar-refractivity contribution in [3.8, 4) is 0 Å². The van der Waals surface area contributed by atoms with Crippen molar-refractivity contribution in [1.29, 1.82) is 0 Å². The maximum Gasteiger partial charge on any atom is 0.0348 e. The van der Waals surface area contributed by atoms with Crippen LogP contribution in [0.4, 0.5) is 5.69 Å². The minimum Gasteiger partial charge on any atom is -0.382 e. The summed E-state index contributed by atoms with van der Waals surface area (Å²) in [6.45, 7) is 4.28. The van der Waals surface area contributed by atoms with Gasteiger partial charge in [0.25, 0.3) is 0 Å². The fourth-order valence-electron chi connectivity index (χ4n) is 2.53. The fraction of sp³-hybridized carbons (Fsp3) is 0.571. The quantitative estimate of drug-likeness (QED) is 0.872. The van der Waals surface area contributed by atoms with Gasteiger partial charge in [0.05, 0.1) is 0 Å². The Kier molecular flexibility index (Phi) is 4.10. The van der Waals surface area contributed by atoms with E-state index in [0.29, 0.717) is 12.1 Å². The number of nitrogens with two attached hydrogens (primary N) is 1. The van der Waals surface area contributed by atoms with E-state index in [0.717, 1.165) is 12.8 Å². The number of nitrogens with one attached hydrogen (secondary N) is 1. The summed E-state index contributed by atoms with van der Waals surface area (Å²) in [5.41, 5.74) is 9.75. The minimum atomic E-state index is 0.418. The van der Waals surface area contributed by atoms with Gasteiger partial charge in [-0.2, -0.15) is 0 Å². The number of rotatable bonds is 2. The van der Waals surface area contributed by atoms with Crippen molar-refractivity contribution in [2.24, 2.45) is 5.73 Å². The number of hydrogen-bond acceptors (Lipinski definition) is 2. The number of aryl methyl sites for hydroxylation is 2. The number of halogens is 1. The molecule has 0 saturated heterocycles. The summed E-state index contributed by atoms with van der Waals surface area (Å²) < 4.78 is 1.22. The Balaban J connectivity index is 2.04. The summed E-state index contributed by atoms with van der Waals surface area (Å²) in [6, 6.07) is 5.44. The van der Waals surface area contributed by atoms with Crippen LogP contribution in [0.25, 0.3) is 0 Å². The lowest BCUT2D eigenvalue weighted by Gasteiger charge is -2.28. The highest BCUT2D eigenvalue weighted by atomic mass is 79.9. The molecular weight excluding hydrogens is 276 g/mol. The predicted molar refractivity (Wildman–Crippen MR) is 77.5 cm³/mol. The molecule has 94 valence electrons. The first-order valence-electron chi connectivity index (χ1n) is 6.35. The molecule has 0 heterocycles. The number of benzene rings is 1. The molecule has 0 spiro atoms. The topological polar surface area (TPSA) is 38.0 Å². The molecule has 0 aromatic heterocycles. The summed E-state index contributed by atoms with van der Waals surface area (Å²) in [6.07, 6.45) is 4.67. The zero-order chi connectivity index (χ0) is 12.4. The van der Waals surface area contributed by atoms with Gasteiger partial charge in [0.2, 0.25) is 0 Å². The fourth-order valence-corrected chi connectivity index (χ4v) is 2.76. The van der Waals surface area contributed by atoms with Crippen molar-refractivity contribution in [3.05, 3.63) is 27.7 Å². The van der Waals surface area contributed by atoms with Gasteiger partial charge in [-0.25, -0.2) is 0 Å². The Morgan fingerprint density at radius 2 is 1.65 bits per heavy atom. The van der Waals surface area contributed by atoms with E-state index in [1.54, 1.807) is 0 Å². The van der Waals surface area contributed by atoms with Crippen LogP contribution in [-0.2, 0) is 0 Å². The summed E-state index contributed by atoms with van der Waals surface area (Å²) in [5, 5.41) is 3.63. The monoisotopic (exact) mass is 296 g/mol. The van der Waals surface area contributed by atoms with Crippen molar-refractivity contribution < 1.29 is 0 Å². The van der Waals surface area contributed by atoms with Gasteiger partial charge in [-0.1, -0.05) is 15.9 Å². The highest BCUT2D eigenvalue weighted by Gasteiger charge is 2.18. The van der Waals surface area contributed by atoms with E-state index >= 15 is 0 Å². The Hall–Kier alpha value is -0.540. The zero-order valence-electron chi connectivity index (χ0n) is 10.6. The van der Waals surface area contributed by atoms with Crippen LogP contribution in [0.15, 0.2) is 16.6 Å². The summed E-state index contributed by atoms with van der Waals surface area (Å²) in [4.78, 5) is 0. The minimum absolute atomic E-state index is 0.418. The highest BCUT2D eigenvalue weighted by Crippen LogP contribution is 2.27. The molecule has 17 heavy (non-hydrogen) atoms. The molecule has 0 unspecified atom stereocenters. The first kappa shape index (κ1) is 12.9. The highest BCUT2D eigenvalue weighted by molar-refractivity contribution is 9.10. The summed E-state index contributed by atoms with van der Waals surface area (Å²) in [7, 11) is 0. The lowest BCUT2D eigenvalue weighted by atomic mass is 9.91. The van der Waals surface area contributed by atoms with Crippen LogP contribution in [0.3, 0.4) is 0 Å². The Labute approximate surface area is 112 Å². The number of hydrogen-bond donors (Lipinski definition) is 2. The number of anilines is 1. The van der Waals surface area contributed by atoms with Gasteiger partial charge in [-0.3, -0.25) is 0 Å². The third kappa shape index (κ3) is 3.23. The van der Waals surface area contributed by atoms with Crippen LogP contribution < -0.4 is 11.1 Å². The van der Waals surface area contributed by atoms with Crippen molar-refractivity contribution >= 4 is 21.6 Å². The Morgan fingerprint density at radius 3 is 2.18 bits per heavy atom. The Bertz CT molecular complexity index is 372. The summed E-state index contributed by atoms with van der Waals surface area (Å²) in [5.74, 6) is 0. The second kappa shape index (κ2) is 5.40. The molecule has 1 saturated carbocycles. The van der Waals surface area contributed by atoms with Gasteiger partial charge in [-0.15, -0.1) is 0 Å². The molecule has 1 aliphatic rings. The van der Waals surface area contributed by atoms with E-state index < -0.39 is 0 Å². The van der Waals surface area contributed by atoms with Crippen molar-refractivity contribution in [3.63, 3.8) is 0 Å². The Morgan fingerprint density at radius 1 is 1.12 bits per heavy atom. The smallest absolute Gasteiger partial charge is 0.0348 e. The van der Waals surface area contributed by atoms with Crippen LogP contribution in [0.5, 0.6) is 0 Å². The SMILES string of the molecule is Cc1cc(NC2CCC(N)CC2)cc(C)c1Br. The van der Waals surface area contributed by atoms with Crippen molar-refractivity contribution in [2.45, 2.75) is 51.6 Å². The average molecular weight is 297 g/mol. The van der Waals surface area contributed by atoms with Gasteiger partial charge in [0, 0.05) is 22.2 Å². The standard InChI is InChI=1S/C14H21BrN2/c1-9-7-13(8-10(2)14(9)15)17-12-5-3-11(16)4-6-12/h7-8,11-12,17H,3-6,16H2,1-2H3. The van der Waals surface area contributed by atoms with Gasteiger partial charge in [0.1, 0.15) is 0 Å². The molecule has 2 nitrogen and oxygen atoms in total. The zero-order valence-corrected chi connectivity index (χ0v) is 12.2. The second-order valence-electron chi connectivity index (χ2n) is 5.18.